The van der Waals surface area contributed by atoms with Gasteiger partial charge in [-0.3, -0.25) is 0 Å². The average molecular weight is 572 g/mol. The van der Waals surface area contributed by atoms with Crippen LogP contribution in [0.2, 0.25) is 4.82 Å². The number of aromatic nitrogens is 4. The zero-order valence-electron chi connectivity index (χ0n) is 20.0. The van der Waals surface area contributed by atoms with E-state index in [-0.39, 0.29) is 34.5 Å². The molecule has 2 aromatic heterocycles. The Morgan fingerprint density at radius 3 is 2.51 bits per heavy atom. The fraction of sp³-hybridized carbons (Fsp3) is 0.500. The van der Waals surface area contributed by atoms with Crippen LogP contribution >= 0.6 is 7.60 Å². The summed E-state index contributed by atoms with van der Waals surface area (Å²) in [7, 11) is 0.199. The van der Waals surface area contributed by atoms with Crippen molar-refractivity contribution < 1.29 is 27.5 Å². The second kappa shape index (κ2) is 11.4. The van der Waals surface area contributed by atoms with Gasteiger partial charge in [-0.1, -0.05) is 0 Å². The van der Waals surface area contributed by atoms with Gasteiger partial charge in [0.05, 0.1) is 0 Å². The summed E-state index contributed by atoms with van der Waals surface area (Å²) < 4.78 is 54.2. The van der Waals surface area contributed by atoms with Gasteiger partial charge in [-0.05, 0) is 0 Å². The molecule has 0 amide bonds. The fourth-order valence-electron chi connectivity index (χ4n) is 3.76. The summed E-state index contributed by atoms with van der Waals surface area (Å²) in [6, 6.07) is 9.63. The first kappa shape index (κ1) is 26.2. The fourth-order valence-corrected chi connectivity index (χ4v) is 7.50. The summed E-state index contributed by atoms with van der Waals surface area (Å²) in [4.78, 5) is 14.2. The van der Waals surface area contributed by atoms with Crippen molar-refractivity contribution in [3.05, 3.63) is 43.0 Å². The molecule has 0 unspecified atom stereocenters. The van der Waals surface area contributed by atoms with Gasteiger partial charge in [-0.15, -0.1) is 0 Å². The van der Waals surface area contributed by atoms with Crippen LogP contribution < -0.4 is 9.36 Å². The normalized spacial score (nSPS) is 22.7. The molecule has 4 rings (SSSR count). The van der Waals surface area contributed by atoms with E-state index in [9.17, 15) is 4.57 Å². The zero-order chi connectivity index (χ0) is 25.0. The van der Waals surface area contributed by atoms with E-state index in [1.54, 1.807) is 18.4 Å². The van der Waals surface area contributed by atoms with Crippen LogP contribution in [-0.4, -0.2) is 80.6 Å². The van der Waals surface area contributed by atoms with Crippen LogP contribution in [0.4, 0.5) is 10.2 Å². The van der Waals surface area contributed by atoms with Crippen molar-refractivity contribution in [3.8, 4) is 0 Å². The third-order valence-electron chi connectivity index (χ3n) is 5.23. The first-order chi connectivity index (χ1) is 16.9. The predicted molar refractivity (Wildman–Crippen MR) is 131 cm³/mol. The number of hydrogen-bond donors (Lipinski definition) is 0. The molecule has 3 aromatic rings. The molecular formula is C22H29FN5O5PSe. The van der Waals surface area contributed by atoms with Crippen LogP contribution in [0.25, 0.3) is 11.2 Å². The molecule has 13 heteroatoms. The number of halogens is 1. The standard InChI is InChI=1S/C22H29FN5O5PSe/c1-5-31-34(29,32-6-2)14-30-22-18(35-15-10-8-7-9-11-15)16(23)21(33-22)28-13-26-17-19(27(3)4)24-12-25-20(17)28/h7-13,16,18,21-22H,5-6,14H2,1-4H3/t16-,18+,21+,22-/m0/s1. The van der Waals surface area contributed by atoms with E-state index < -0.39 is 31.1 Å². The van der Waals surface area contributed by atoms with Crippen molar-refractivity contribution in [1.29, 1.82) is 0 Å². The Labute approximate surface area is 209 Å². The molecule has 0 radical (unpaired) electrons. The first-order valence-electron chi connectivity index (χ1n) is 11.2. The van der Waals surface area contributed by atoms with E-state index in [4.69, 9.17) is 18.5 Å². The van der Waals surface area contributed by atoms with E-state index in [0.29, 0.717) is 17.0 Å². The molecule has 0 aliphatic carbocycles. The SMILES string of the molecule is CCOP(=O)(CO[C@H]1O[C@@H](n2cnc3c(N(C)C)ncnc32)[C@@H](F)[C@H]1[Se]c1ccccc1)OCC. The van der Waals surface area contributed by atoms with Crippen LogP contribution in [0.3, 0.4) is 0 Å². The minimum atomic E-state index is -3.50. The maximum atomic E-state index is 16.0. The van der Waals surface area contributed by atoms with Gasteiger partial charge >= 0.3 is 210 Å². The van der Waals surface area contributed by atoms with E-state index in [2.05, 4.69) is 15.0 Å². The molecule has 0 N–H and O–H groups in total. The van der Waals surface area contributed by atoms with Crippen LogP contribution in [-0.2, 0) is 23.1 Å². The Kier molecular flexibility index (Phi) is 8.54. The molecule has 1 fully saturated rings. The van der Waals surface area contributed by atoms with Crippen LogP contribution in [0.1, 0.15) is 20.1 Å². The zero-order valence-corrected chi connectivity index (χ0v) is 22.6. The Morgan fingerprint density at radius 1 is 1.14 bits per heavy atom. The van der Waals surface area contributed by atoms with Crippen LogP contribution in [0.15, 0.2) is 43.0 Å². The van der Waals surface area contributed by atoms with Gasteiger partial charge in [0.1, 0.15) is 0 Å². The summed E-state index contributed by atoms with van der Waals surface area (Å²) in [5.41, 5.74) is 0.997. The molecule has 4 atom stereocenters. The molecule has 10 nitrogen and oxygen atoms in total. The number of imidazole rings is 1. The molecule has 0 saturated carbocycles. The Morgan fingerprint density at radius 2 is 1.86 bits per heavy atom. The number of anilines is 1. The van der Waals surface area contributed by atoms with Crippen molar-refractivity contribution in [1.82, 2.24) is 19.5 Å². The Hall–Kier alpha value is -1.91. The van der Waals surface area contributed by atoms with E-state index in [1.807, 2.05) is 49.3 Å². The molecule has 190 valence electrons. The maximum absolute atomic E-state index is 16.0. The first-order valence-corrected chi connectivity index (χ1v) is 14.8. The van der Waals surface area contributed by atoms with Gasteiger partial charge in [-0.2, -0.15) is 0 Å². The summed E-state index contributed by atoms with van der Waals surface area (Å²) >= 11 is -0.332. The average Bonchev–Trinajstić information content (AvgIpc) is 3.40. The Bertz CT molecular complexity index is 1160. The van der Waals surface area contributed by atoms with Gasteiger partial charge in [0.15, 0.2) is 0 Å². The van der Waals surface area contributed by atoms with Gasteiger partial charge < -0.3 is 0 Å². The molecule has 1 aromatic carbocycles. The number of benzene rings is 1. The third kappa shape index (κ3) is 5.75. The molecule has 1 aliphatic heterocycles. The van der Waals surface area contributed by atoms with Gasteiger partial charge in [-0.25, -0.2) is 0 Å². The summed E-state index contributed by atoms with van der Waals surface area (Å²) in [6.45, 7) is 3.85. The van der Waals surface area contributed by atoms with Crippen molar-refractivity contribution in [2.24, 2.45) is 0 Å². The van der Waals surface area contributed by atoms with Crippen LogP contribution in [0.5, 0.6) is 0 Å². The van der Waals surface area contributed by atoms with E-state index in [0.717, 1.165) is 4.46 Å². The number of nitrogens with zero attached hydrogens (tertiary/aromatic N) is 5. The van der Waals surface area contributed by atoms with Gasteiger partial charge in [0, 0.05) is 0 Å². The predicted octanol–water partition coefficient (Wildman–Crippen LogP) is 3.14. The van der Waals surface area contributed by atoms with Gasteiger partial charge in [0.2, 0.25) is 0 Å². The molecule has 35 heavy (non-hydrogen) atoms. The summed E-state index contributed by atoms with van der Waals surface area (Å²) in [5, 5.41) is 0. The molecule has 3 heterocycles. The quantitative estimate of drug-likeness (QED) is 0.254. The topological polar surface area (TPSA) is 101 Å². The van der Waals surface area contributed by atoms with E-state index >= 15 is 4.39 Å². The van der Waals surface area contributed by atoms with Crippen molar-refractivity contribution in [2.75, 3.05) is 38.6 Å². The molecule has 0 spiro atoms. The summed E-state index contributed by atoms with van der Waals surface area (Å²) in [5.74, 6) is 0.620. The van der Waals surface area contributed by atoms with Crippen molar-refractivity contribution in [2.45, 2.75) is 37.4 Å². The second-order valence-corrected chi connectivity index (χ2v) is 12.5. The Balaban J connectivity index is 1.63. The number of hydrogen-bond acceptors (Lipinski definition) is 9. The summed E-state index contributed by atoms with van der Waals surface area (Å²) in [6.07, 6.45) is -0.825. The number of fused-ring (bicyclic) bond motifs is 1. The monoisotopic (exact) mass is 573 g/mol. The van der Waals surface area contributed by atoms with Gasteiger partial charge in [0.25, 0.3) is 0 Å². The third-order valence-corrected chi connectivity index (χ3v) is 9.72. The molecule has 1 aliphatic rings. The van der Waals surface area contributed by atoms with Crippen LogP contribution in [0, 0.1) is 0 Å². The van der Waals surface area contributed by atoms with Crippen molar-refractivity contribution in [3.63, 3.8) is 0 Å². The molecule has 1 saturated heterocycles. The van der Waals surface area contributed by atoms with Crippen molar-refractivity contribution >= 4 is 44.0 Å². The number of rotatable bonds is 11. The second-order valence-electron chi connectivity index (χ2n) is 7.89. The van der Waals surface area contributed by atoms with E-state index in [1.165, 1.54) is 12.7 Å². The molecular weight excluding hydrogens is 543 g/mol. The molecule has 0 bridgehead atoms. The number of alkyl halides is 1. The minimum absolute atomic E-state index is 0.201. The number of ether oxygens (including phenoxy) is 2.